The number of rotatable bonds is 8. The van der Waals surface area contributed by atoms with E-state index in [9.17, 15) is 13.2 Å². The molecular formula is C24H23FN6O5S. The Morgan fingerprint density at radius 3 is 2.59 bits per heavy atom. The zero-order valence-corrected chi connectivity index (χ0v) is 20.8. The molecule has 1 saturated heterocycles. The Morgan fingerprint density at radius 2 is 1.92 bits per heavy atom. The topological polar surface area (TPSA) is 128 Å². The van der Waals surface area contributed by atoms with Crippen LogP contribution in [0.25, 0.3) is 10.9 Å². The number of carbonyl (C=O) groups is 1. The van der Waals surface area contributed by atoms with Crippen LogP contribution in [0.1, 0.15) is 11.1 Å². The Balaban J connectivity index is 1.60. The fourth-order valence-corrected chi connectivity index (χ4v) is 5.31. The normalized spacial score (nSPS) is 14.6. The highest BCUT2D eigenvalue weighted by Gasteiger charge is 2.38. The van der Waals surface area contributed by atoms with E-state index in [2.05, 4.69) is 15.4 Å². The summed E-state index contributed by atoms with van der Waals surface area (Å²) in [6.07, 6.45) is 1.55. The number of pyridine rings is 1. The zero-order chi connectivity index (χ0) is 26.2. The summed E-state index contributed by atoms with van der Waals surface area (Å²) in [4.78, 5) is 16.2. The highest BCUT2D eigenvalue weighted by Crippen LogP contribution is 2.36. The molecule has 37 heavy (non-hydrogen) atoms. The van der Waals surface area contributed by atoms with Gasteiger partial charge in [0.05, 0.1) is 32.5 Å². The first-order valence-corrected chi connectivity index (χ1v) is 12.6. The monoisotopic (exact) mass is 526 g/mol. The second kappa shape index (κ2) is 9.58. The van der Waals surface area contributed by atoms with Gasteiger partial charge in [0.15, 0.2) is 0 Å². The van der Waals surface area contributed by atoms with Gasteiger partial charge in [0.2, 0.25) is 5.88 Å². The number of hydrogen-bond donors (Lipinski definition) is 2. The predicted octanol–water partition coefficient (Wildman–Crippen LogP) is 2.43. The van der Waals surface area contributed by atoms with E-state index in [1.165, 1.54) is 17.9 Å². The number of amides is 1. The third-order valence-electron chi connectivity index (χ3n) is 5.89. The summed E-state index contributed by atoms with van der Waals surface area (Å²) < 4.78 is 55.4. The van der Waals surface area contributed by atoms with Crippen molar-refractivity contribution in [1.82, 2.24) is 19.5 Å². The first kappa shape index (κ1) is 24.3. The van der Waals surface area contributed by atoms with Gasteiger partial charge in [-0.3, -0.25) is 9.48 Å². The molecule has 2 aromatic heterocycles. The van der Waals surface area contributed by atoms with Gasteiger partial charge in [0.25, 0.3) is 5.91 Å². The maximum absolute atomic E-state index is 15.7. The van der Waals surface area contributed by atoms with Gasteiger partial charge >= 0.3 is 10.2 Å². The van der Waals surface area contributed by atoms with Crippen LogP contribution in [0.3, 0.4) is 0 Å². The van der Waals surface area contributed by atoms with Crippen molar-refractivity contribution in [2.75, 3.05) is 30.4 Å². The van der Waals surface area contributed by atoms with Crippen molar-refractivity contribution in [1.29, 1.82) is 0 Å². The Labute approximate surface area is 212 Å². The molecule has 4 aromatic rings. The van der Waals surface area contributed by atoms with Crippen LogP contribution >= 0.6 is 0 Å². The molecule has 3 heterocycles. The average molecular weight is 527 g/mol. The lowest BCUT2D eigenvalue weighted by atomic mass is 10.1. The molecule has 0 aliphatic carbocycles. The average Bonchev–Trinajstić information content (AvgIpc) is 3.42. The first-order chi connectivity index (χ1) is 17.8. The highest BCUT2D eigenvalue weighted by atomic mass is 32.2. The number of nitrogens with zero attached hydrogens (tertiary/aromatic N) is 4. The molecule has 192 valence electrons. The number of methoxy groups -OCH3 is 2. The van der Waals surface area contributed by atoms with Crippen molar-refractivity contribution in [3.05, 3.63) is 71.7 Å². The fourth-order valence-electron chi connectivity index (χ4n) is 4.15. The Bertz CT molecular complexity index is 1590. The molecule has 0 radical (unpaired) electrons. The third-order valence-corrected chi connectivity index (χ3v) is 7.27. The van der Waals surface area contributed by atoms with Crippen LogP contribution in [0.2, 0.25) is 0 Å². The Kier molecular flexibility index (Phi) is 6.29. The maximum atomic E-state index is 15.7. The second-order valence-electron chi connectivity index (χ2n) is 8.23. The van der Waals surface area contributed by atoms with Crippen molar-refractivity contribution >= 4 is 38.5 Å². The van der Waals surface area contributed by atoms with E-state index in [4.69, 9.17) is 9.47 Å². The third kappa shape index (κ3) is 4.72. The van der Waals surface area contributed by atoms with Crippen LogP contribution in [-0.2, 0) is 28.1 Å². The number of nitrogens with one attached hydrogen (secondary N) is 2. The molecule has 0 spiro atoms. The number of hydrogen-bond acceptors (Lipinski definition) is 8. The van der Waals surface area contributed by atoms with E-state index < -0.39 is 28.5 Å². The van der Waals surface area contributed by atoms with E-state index in [0.29, 0.717) is 28.4 Å². The van der Waals surface area contributed by atoms with Gasteiger partial charge in [-0.2, -0.15) is 18.5 Å². The Morgan fingerprint density at radius 1 is 1.14 bits per heavy atom. The lowest BCUT2D eigenvalue weighted by Crippen LogP contribution is -2.30. The molecule has 0 unspecified atom stereocenters. The molecule has 1 aliphatic rings. The van der Waals surface area contributed by atoms with Gasteiger partial charge in [-0.15, -0.1) is 0 Å². The van der Waals surface area contributed by atoms with Gasteiger partial charge in [-0.1, -0.05) is 18.2 Å². The van der Waals surface area contributed by atoms with Crippen LogP contribution in [0.4, 0.5) is 15.9 Å². The first-order valence-electron chi connectivity index (χ1n) is 11.2. The summed E-state index contributed by atoms with van der Waals surface area (Å²) >= 11 is 0. The molecular weight excluding hydrogens is 503 g/mol. The summed E-state index contributed by atoms with van der Waals surface area (Å²) in [7, 11) is -1.19. The second-order valence-corrected chi connectivity index (χ2v) is 9.83. The standard InChI is InChI=1S/C24H23FN6O5S/c1-35-17-8-6-15(7-9-17)13-30-23-18(12-27-30)16(11-26-20-4-3-5-22(28-20)36-2)10-19(25)24(23)31-14-21(32)29-37(31,33)34/h3-10,12H,11,13-14H2,1-2H3,(H,26,28)(H,29,32). The summed E-state index contributed by atoms with van der Waals surface area (Å²) in [6, 6.07) is 13.7. The summed E-state index contributed by atoms with van der Waals surface area (Å²) in [5.41, 5.74) is 1.35. The van der Waals surface area contributed by atoms with Crippen LogP contribution in [0.5, 0.6) is 11.6 Å². The van der Waals surface area contributed by atoms with E-state index in [0.717, 1.165) is 9.87 Å². The number of fused-ring (bicyclic) bond motifs is 1. The van der Waals surface area contributed by atoms with Gasteiger partial charge in [0, 0.05) is 18.0 Å². The van der Waals surface area contributed by atoms with Crippen molar-refractivity contribution < 1.29 is 27.1 Å². The van der Waals surface area contributed by atoms with Crippen LogP contribution in [-0.4, -0.2) is 49.9 Å². The number of aromatic nitrogens is 3. The maximum Gasteiger partial charge on any atom is 0.326 e. The largest absolute Gasteiger partial charge is 0.497 e. The molecule has 1 amide bonds. The molecule has 0 bridgehead atoms. The van der Waals surface area contributed by atoms with Crippen LogP contribution in [0.15, 0.2) is 54.7 Å². The van der Waals surface area contributed by atoms with Crippen LogP contribution in [0, 0.1) is 5.82 Å². The lowest BCUT2D eigenvalue weighted by Gasteiger charge is -2.19. The van der Waals surface area contributed by atoms with Crippen molar-refractivity contribution in [3.63, 3.8) is 0 Å². The summed E-state index contributed by atoms with van der Waals surface area (Å²) in [6.45, 7) is -0.136. The van der Waals surface area contributed by atoms with Crippen LogP contribution < -0.4 is 23.8 Å². The molecule has 5 rings (SSSR count). The van der Waals surface area contributed by atoms with Crippen molar-refractivity contribution in [3.8, 4) is 11.6 Å². The van der Waals surface area contributed by atoms with Gasteiger partial charge in [0.1, 0.15) is 29.6 Å². The molecule has 0 saturated carbocycles. The quantitative estimate of drug-likeness (QED) is 0.358. The van der Waals surface area contributed by atoms with E-state index >= 15 is 4.39 Å². The van der Waals surface area contributed by atoms with E-state index in [-0.39, 0.29) is 24.3 Å². The number of benzene rings is 2. The predicted molar refractivity (Wildman–Crippen MR) is 134 cm³/mol. The zero-order valence-electron chi connectivity index (χ0n) is 19.9. The van der Waals surface area contributed by atoms with Gasteiger partial charge in [-0.25, -0.2) is 13.4 Å². The van der Waals surface area contributed by atoms with Gasteiger partial charge in [-0.05, 0) is 35.4 Å². The molecule has 13 heteroatoms. The van der Waals surface area contributed by atoms with E-state index in [1.54, 1.807) is 43.6 Å². The molecule has 1 aliphatic heterocycles. The number of ether oxygens (including phenoxy) is 2. The SMILES string of the molecule is COc1ccc(Cn2ncc3c(CNc4cccc(OC)n4)cc(F)c(N4CC(=O)NS4(=O)=O)c32)cc1. The molecule has 11 nitrogen and oxygen atoms in total. The van der Waals surface area contributed by atoms with E-state index in [1.807, 2.05) is 16.9 Å². The number of halogens is 1. The smallest absolute Gasteiger partial charge is 0.326 e. The minimum atomic E-state index is -4.26. The molecule has 1 fully saturated rings. The highest BCUT2D eigenvalue weighted by molar-refractivity contribution is 7.92. The fraction of sp³-hybridized carbons (Fsp3) is 0.208. The van der Waals surface area contributed by atoms with Crippen molar-refractivity contribution in [2.45, 2.75) is 13.1 Å². The molecule has 2 N–H and O–H groups in total. The van der Waals surface area contributed by atoms with Gasteiger partial charge < -0.3 is 14.8 Å². The minimum Gasteiger partial charge on any atom is -0.497 e. The summed E-state index contributed by atoms with van der Waals surface area (Å²) in [5, 5.41) is 8.10. The minimum absolute atomic E-state index is 0.173. The lowest BCUT2D eigenvalue weighted by molar-refractivity contribution is -0.117. The number of anilines is 2. The number of carbonyl (C=O) groups excluding carboxylic acids is 1. The Hall–Kier alpha value is -4.39. The summed E-state index contributed by atoms with van der Waals surface area (Å²) in [5.74, 6) is 0.0519. The van der Waals surface area contributed by atoms with Crippen molar-refractivity contribution in [2.24, 2.45) is 0 Å². The molecule has 2 aromatic carbocycles. The molecule has 0 atom stereocenters.